The highest BCUT2D eigenvalue weighted by Crippen LogP contribution is 2.44. The van der Waals surface area contributed by atoms with Gasteiger partial charge in [-0.15, -0.1) is 11.8 Å². The van der Waals surface area contributed by atoms with Crippen LogP contribution in [0, 0.1) is 0 Å². The van der Waals surface area contributed by atoms with Crippen LogP contribution >= 0.6 is 11.8 Å². The first-order valence-electron chi connectivity index (χ1n) is 12.9. The lowest BCUT2D eigenvalue weighted by Gasteiger charge is -2.34. The number of hydrogen-bond donors (Lipinski definition) is 0. The molecule has 0 bridgehead atoms. The van der Waals surface area contributed by atoms with Gasteiger partial charge in [0.1, 0.15) is 12.4 Å². The second-order valence-corrected chi connectivity index (χ2v) is 10.6. The van der Waals surface area contributed by atoms with E-state index in [1.165, 1.54) is 12.7 Å². The van der Waals surface area contributed by atoms with E-state index in [-0.39, 0.29) is 17.1 Å². The topological polar surface area (TPSA) is 59.1 Å². The smallest absolute Gasteiger partial charge is 0.337 e. The fourth-order valence-corrected chi connectivity index (χ4v) is 6.25. The molecule has 1 amide bonds. The number of hydrogen-bond acceptors (Lipinski definition) is 6. The maximum Gasteiger partial charge on any atom is 0.337 e. The number of carbonyl (C=O) groups excluding carboxylic acids is 2. The molecule has 38 heavy (non-hydrogen) atoms. The van der Waals surface area contributed by atoms with E-state index in [4.69, 9.17) is 9.47 Å². The van der Waals surface area contributed by atoms with Crippen molar-refractivity contribution in [3.63, 3.8) is 0 Å². The molecule has 5 rings (SSSR count). The molecule has 1 atom stereocenters. The molecular formula is C31H32N2O4S. The Bertz CT molecular complexity index is 1300. The number of carbonyl (C=O) groups is 2. The standard InChI is InChI=1S/C31H32N2O4S/c1-36-31(35)24-12-13-28-27(21-24)30(26-10-6-5-9-25(26)22-37-28)38-20-19-32-15-17-33(18-16-32)29(34)14-11-23-7-3-2-4-8-23/h2-14,21,30H,15-20,22H2,1H3/b14-11+. The highest BCUT2D eigenvalue weighted by molar-refractivity contribution is 7.99. The molecule has 2 aliphatic rings. The summed E-state index contributed by atoms with van der Waals surface area (Å²) in [5.41, 5.74) is 4.95. The average Bonchev–Trinajstić information content (AvgIpc) is 3.13. The number of amides is 1. The summed E-state index contributed by atoms with van der Waals surface area (Å²) in [6, 6.07) is 23.8. The van der Waals surface area contributed by atoms with Gasteiger partial charge in [0.25, 0.3) is 0 Å². The SMILES string of the molecule is COC(=O)c1ccc2c(c1)C(SCCN1CCN(C(=O)/C=C/c3ccccc3)CC1)c1ccccc1CO2. The van der Waals surface area contributed by atoms with Crippen LogP contribution in [0.1, 0.15) is 37.9 Å². The van der Waals surface area contributed by atoms with Gasteiger partial charge in [-0.25, -0.2) is 4.79 Å². The summed E-state index contributed by atoms with van der Waals surface area (Å²) >= 11 is 1.87. The van der Waals surface area contributed by atoms with Gasteiger partial charge in [0, 0.05) is 50.1 Å². The fourth-order valence-electron chi connectivity index (χ4n) is 4.88. The van der Waals surface area contributed by atoms with Gasteiger partial charge in [-0.1, -0.05) is 54.6 Å². The average molecular weight is 529 g/mol. The Labute approximate surface area is 228 Å². The molecule has 196 valence electrons. The van der Waals surface area contributed by atoms with Crippen LogP contribution in [0.4, 0.5) is 0 Å². The number of methoxy groups -OCH3 is 1. The van der Waals surface area contributed by atoms with E-state index < -0.39 is 0 Å². The number of esters is 1. The van der Waals surface area contributed by atoms with E-state index in [0.717, 1.165) is 60.9 Å². The van der Waals surface area contributed by atoms with Gasteiger partial charge in [-0.05, 0) is 41.0 Å². The van der Waals surface area contributed by atoms with Crippen LogP contribution in [-0.4, -0.2) is 67.3 Å². The number of benzene rings is 3. The monoisotopic (exact) mass is 528 g/mol. The molecule has 3 aromatic rings. The molecule has 0 aliphatic carbocycles. The lowest BCUT2D eigenvalue weighted by atomic mass is 9.98. The minimum atomic E-state index is -0.347. The predicted molar refractivity (Wildman–Crippen MR) is 151 cm³/mol. The third-order valence-electron chi connectivity index (χ3n) is 7.03. The molecule has 7 heteroatoms. The minimum absolute atomic E-state index is 0.0549. The van der Waals surface area contributed by atoms with Crippen LogP contribution in [0.5, 0.6) is 5.75 Å². The number of thioether (sulfide) groups is 1. The zero-order valence-corrected chi connectivity index (χ0v) is 22.4. The van der Waals surface area contributed by atoms with Gasteiger partial charge >= 0.3 is 5.97 Å². The van der Waals surface area contributed by atoms with E-state index in [9.17, 15) is 9.59 Å². The third kappa shape index (κ3) is 6.11. The fraction of sp³-hybridized carbons (Fsp3) is 0.290. The lowest BCUT2D eigenvalue weighted by Crippen LogP contribution is -2.48. The molecule has 0 saturated carbocycles. The number of piperazine rings is 1. The van der Waals surface area contributed by atoms with Gasteiger partial charge in [0.15, 0.2) is 0 Å². The molecule has 2 heterocycles. The Morgan fingerprint density at radius 3 is 2.53 bits per heavy atom. The van der Waals surface area contributed by atoms with Crippen molar-refractivity contribution in [1.29, 1.82) is 0 Å². The van der Waals surface area contributed by atoms with Crippen molar-refractivity contribution in [1.82, 2.24) is 9.80 Å². The molecule has 6 nitrogen and oxygen atoms in total. The largest absolute Gasteiger partial charge is 0.489 e. The zero-order valence-electron chi connectivity index (χ0n) is 21.5. The first-order chi connectivity index (χ1) is 18.6. The van der Waals surface area contributed by atoms with E-state index >= 15 is 0 Å². The van der Waals surface area contributed by atoms with Crippen molar-refractivity contribution in [2.24, 2.45) is 0 Å². The number of ether oxygens (including phenoxy) is 2. The second-order valence-electron chi connectivity index (χ2n) is 9.39. The van der Waals surface area contributed by atoms with Gasteiger partial charge < -0.3 is 14.4 Å². The zero-order chi connectivity index (χ0) is 26.3. The van der Waals surface area contributed by atoms with Gasteiger partial charge in [0.2, 0.25) is 5.91 Å². The van der Waals surface area contributed by atoms with Gasteiger partial charge in [0.05, 0.1) is 17.9 Å². The molecule has 1 fully saturated rings. The van der Waals surface area contributed by atoms with E-state index in [1.54, 1.807) is 12.1 Å². The van der Waals surface area contributed by atoms with Crippen molar-refractivity contribution in [2.45, 2.75) is 11.9 Å². The van der Waals surface area contributed by atoms with Crippen LogP contribution in [-0.2, 0) is 16.1 Å². The van der Waals surface area contributed by atoms with E-state index in [0.29, 0.717) is 12.2 Å². The van der Waals surface area contributed by atoms with Crippen LogP contribution in [0.15, 0.2) is 78.9 Å². The van der Waals surface area contributed by atoms with E-state index in [2.05, 4.69) is 23.1 Å². The number of nitrogens with zero attached hydrogens (tertiary/aromatic N) is 2. The summed E-state index contributed by atoms with van der Waals surface area (Å²) < 4.78 is 11.1. The Hall–Kier alpha value is -3.55. The van der Waals surface area contributed by atoms with Crippen molar-refractivity contribution >= 4 is 29.7 Å². The normalized spacial score (nSPS) is 17.3. The molecular weight excluding hydrogens is 496 g/mol. The molecule has 0 N–H and O–H groups in total. The first-order valence-corrected chi connectivity index (χ1v) is 14.0. The second kappa shape index (κ2) is 12.3. The lowest BCUT2D eigenvalue weighted by molar-refractivity contribution is -0.127. The summed E-state index contributed by atoms with van der Waals surface area (Å²) in [4.78, 5) is 29.2. The molecule has 0 spiro atoms. The van der Waals surface area contributed by atoms with Crippen molar-refractivity contribution in [2.75, 3.05) is 45.6 Å². The predicted octanol–water partition coefficient (Wildman–Crippen LogP) is 5.05. The van der Waals surface area contributed by atoms with Gasteiger partial charge in [-0.2, -0.15) is 0 Å². The first kappa shape index (κ1) is 26.1. The number of fused-ring (bicyclic) bond motifs is 2. The quantitative estimate of drug-likeness (QED) is 0.316. The number of rotatable bonds is 7. The summed E-state index contributed by atoms with van der Waals surface area (Å²) in [6.45, 7) is 4.62. The summed E-state index contributed by atoms with van der Waals surface area (Å²) in [7, 11) is 1.40. The molecule has 0 aromatic heterocycles. The highest BCUT2D eigenvalue weighted by atomic mass is 32.2. The summed E-state index contributed by atoms with van der Waals surface area (Å²) in [5.74, 6) is 1.45. The van der Waals surface area contributed by atoms with Crippen LogP contribution in [0.25, 0.3) is 6.08 Å². The molecule has 0 radical (unpaired) electrons. The minimum Gasteiger partial charge on any atom is -0.489 e. The van der Waals surface area contributed by atoms with Crippen molar-refractivity contribution in [3.8, 4) is 5.75 Å². The summed E-state index contributed by atoms with van der Waals surface area (Å²) in [6.07, 6.45) is 3.55. The Kier molecular flexibility index (Phi) is 8.46. The molecule has 1 unspecified atom stereocenters. The molecule has 1 saturated heterocycles. The van der Waals surface area contributed by atoms with Crippen LogP contribution in [0.2, 0.25) is 0 Å². The Morgan fingerprint density at radius 2 is 1.74 bits per heavy atom. The molecule has 2 aliphatic heterocycles. The Morgan fingerprint density at radius 1 is 0.974 bits per heavy atom. The third-order valence-corrected chi connectivity index (χ3v) is 8.29. The maximum atomic E-state index is 12.6. The maximum absolute atomic E-state index is 12.6. The van der Waals surface area contributed by atoms with E-state index in [1.807, 2.05) is 71.3 Å². The summed E-state index contributed by atoms with van der Waals surface area (Å²) in [5, 5.41) is 0.0549. The van der Waals surface area contributed by atoms with Crippen LogP contribution < -0.4 is 4.74 Å². The molecule has 3 aromatic carbocycles. The van der Waals surface area contributed by atoms with Crippen LogP contribution in [0.3, 0.4) is 0 Å². The van der Waals surface area contributed by atoms with Crippen molar-refractivity contribution in [3.05, 3.63) is 107 Å². The Balaban J connectivity index is 1.20. The van der Waals surface area contributed by atoms with Gasteiger partial charge in [-0.3, -0.25) is 9.69 Å². The highest BCUT2D eigenvalue weighted by Gasteiger charge is 2.27. The van der Waals surface area contributed by atoms with Crippen molar-refractivity contribution < 1.29 is 19.1 Å².